The van der Waals surface area contributed by atoms with Crippen LogP contribution in [0.2, 0.25) is 0 Å². The maximum absolute atomic E-state index is 12.6. The van der Waals surface area contributed by atoms with Gasteiger partial charge in [-0.05, 0) is 36.6 Å². The van der Waals surface area contributed by atoms with Gasteiger partial charge < -0.3 is 4.57 Å². The van der Waals surface area contributed by atoms with Crippen LogP contribution in [0.3, 0.4) is 0 Å². The monoisotopic (exact) mass is 293 g/mol. The molecular formula is C20H23NO. The van der Waals surface area contributed by atoms with Crippen LogP contribution >= 0.6 is 0 Å². The number of pyridine rings is 1. The van der Waals surface area contributed by atoms with Crippen molar-refractivity contribution in [1.29, 1.82) is 0 Å². The lowest BCUT2D eigenvalue weighted by atomic mass is 10.1. The van der Waals surface area contributed by atoms with E-state index in [4.69, 9.17) is 0 Å². The standard InChI is InChI=1S/C20H23NO/c1-15(2)9-7-8-14-21-18-12-5-3-10-16(18)20(22)17-11-4-6-13-19(17)21/h3-6,10-13,15H,7-9,14H2,1-2H3. The molecule has 2 nitrogen and oxygen atoms in total. The van der Waals surface area contributed by atoms with E-state index in [0.717, 1.165) is 40.7 Å². The second kappa shape index (κ2) is 6.35. The molecule has 0 N–H and O–H groups in total. The van der Waals surface area contributed by atoms with Crippen molar-refractivity contribution in [3.05, 3.63) is 58.8 Å². The first-order chi connectivity index (χ1) is 10.7. The van der Waals surface area contributed by atoms with Gasteiger partial charge >= 0.3 is 0 Å². The van der Waals surface area contributed by atoms with Crippen molar-refractivity contribution in [2.24, 2.45) is 5.92 Å². The number of hydrogen-bond donors (Lipinski definition) is 0. The molecule has 0 spiro atoms. The van der Waals surface area contributed by atoms with Gasteiger partial charge in [0, 0.05) is 17.3 Å². The normalized spacial score (nSPS) is 11.6. The van der Waals surface area contributed by atoms with E-state index in [1.807, 2.05) is 36.4 Å². The van der Waals surface area contributed by atoms with Gasteiger partial charge in [0.15, 0.2) is 5.43 Å². The Balaban J connectivity index is 2.09. The van der Waals surface area contributed by atoms with E-state index >= 15 is 0 Å². The fourth-order valence-corrected chi connectivity index (χ4v) is 3.14. The Morgan fingerprint density at radius 1 is 0.864 bits per heavy atom. The van der Waals surface area contributed by atoms with Gasteiger partial charge in [-0.25, -0.2) is 0 Å². The van der Waals surface area contributed by atoms with Crippen LogP contribution in [0.25, 0.3) is 21.8 Å². The minimum Gasteiger partial charge on any atom is -0.340 e. The average molecular weight is 293 g/mol. The molecule has 0 radical (unpaired) electrons. The summed E-state index contributed by atoms with van der Waals surface area (Å²) in [4.78, 5) is 12.6. The number of hydrogen-bond acceptors (Lipinski definition) is 1. The fraction of sp³-hybridized carbons (Fsp3) is 0.350. The van der Waals surface area contributed by atoms with Crippen LogP contribution < -0.4 is 5.43 Å². The molecule has 3 rings (SSSR count). The van der Waals surface area contributed by atoms with Crippen molar-refractivity contribution in [3.8, 4) is 0 Å². The van der Waals surface area contributed by atoms with E-state index < -0.39 is 0 Å². The van der Waals surface area contributed by atoms with Crippen LogP contribution in [0, 0.1) is 5.92 Å². The summed E-state index contributed by atoms with van der Waals surface area (Å²) in [6.45, 7) is 5.50. The molecule has 114 valence electrons. The van der Waals surface area contributed by atoms with E-state index in [0.29, 0.717) is 0 Å². The van der Waals surface area contributed by atoms with Crippen molar-refractivity contribution < 1.29 is 0 Å². The van der Waals surface area contributed by atoms with Crippen LogP contribution in [0.4, 0.5) is 0 Å². The van der Waals surface area contributed by atoms with Gasteiger partial charge in [0.25, 0.3) is 0 Å². The molecule has 0 unspecified atom stereocenters. The van der Waals surface area contributed by atoms with Crippen molar-refractivity contribution in [2.45, 2.75) is 39.7 Å². The molecule has 0 fully saturated rings. The van der Waals surface area contributed by atoms with E-state index in [1.54, 1.807) is 0 Å². The largest absolute Gasteiger partial charge is 0.340 e. The molecule has 0 atom stereocenters. The molecule has 0 saturated heterocycles. The van der Waals surface area contributed by atoms with Crippen molar-refractivity contribution >= 4 is 21.8 Å². The summed E-state index contributed by atoms with van der Waals surface area (Å²) in [6, 6.07) is 15.9. The number of unbranched alkanes of at least 4 members (excludes halogenated alkanes) is 1. The lowest BCUT2D eigenvalue weighted by Crippen LogP contribution is -2.11. The number of nitrogens with zero attached hydrogens (tertiary/aromatic N) is 1. The number of aryl methyl sites for hydroxylation is 1. The van der Waals surface area contributed by atoms with Crippen molar-refractivity contribution in [2.75, 3.05) is 0 Å². The van der Waals surface area contributed by atoms with Crippen LogP contribution in [0.15, 0.2) is 53.3 Å². The van der Waals surface area contributed by atoms with Crippen LogP contribution in [-0.2, 0) is 6.54 Å². The number of fused-ring (bicyclic) bond motifs is 2. The highest BCUT2D eigenvalue weighted by molar-refractivity contribution is 5.93. The highest BCUT2D eigenvalue weighted by Gasteiger charge is 2.09. The zero-order valence-electron chi connectivity index (χ0n) is 13.4. The van der Waals surface area contributed by atoms with Gasteiger partial charge in [-0.2, -0.15) is 0 Å². The summed E-state index contributed by atoms with van der Waals surface area (Å²) in [6.07, 6.45) is 3.64. The molecule has 0 aliphatic carbocycles. The smallest absolute Gasteiger partial charge is 0.197 e. The minimum atomic E-state index is 0.143. The molecule has 22 heavy (non-hydrogen) atoms. The summed E-state index contributed by atoms with van der Waals surface area (Å²) < 4.78 is 2.31. The molecule has 0 saturated carbocycles. The topological polar surface area (TPSA) is 22.0 Å². The van der Waals surface area contributed by atoms with E-state index in [2.05, 4.69) is 30.5 Å². The van der Waals surface area contributed by atoms with E-state index in [9.17, 15) is 4.79 Å². The average Bonchev–Trinajstić information content (AvgIpc) is 2.54. The summed E-state index contributed by atoms with van der Waals surface area (Å²) in [5.74, 6) is 0.752. The Morgan fingerprint density at radius 2 is 1.41 bits per heavy atom. The van der Waals surface area contributed by atoms with E-state index in [-0.39, 0.29) is 5.43 Å². The maximum atomic E-state index is 12.6. The van der Waals surface area contributed by atoms with Crippen LogP contribution in [0.5, 0.6) is 0 Å². The molecule has 3 aromatic rings. The van der Waals surface area contributed by atoms with Crippen LogP contribution in [0.1, 0.15) is 33.1 Å². The Hall–Kier alpha value is -2.09. The zero-order valence-corrected chi connectivity index (χ0v) is 13.4. The lowest BCUT2D eigenvalue weighted by molar-refractivity contribution is 0.516. The molecule has 1 heterocycles. The molecule has 0 amide bonds. The highest BCUT2D eigenvalue weighted by Crippen LogP contribution is 2.20. The minimum absolute atomic E-state index is 0.143. The summed E-state index contributed by atoms with van der Waals surface area (Å²) in [5, 5.41) is 1.65. The third-order valence-corrected chi connectivity index (χ3v) is 4.29. The van der Waals surface area contributed by atoms with Gasteiger partial charge in [0.05, 0.1) is 11.0 Å². The fourth-order valence-electron chi connectivity index (χ4n) is 3.14. The third kappa shape index (κ3) is 2.78. The summed E-state index contributed by atoms with van der Waals surface area (Å²) >= 11 is 0. The molecule has 2 aromatic carbocycles. The summed E-state index contributed by atoms with van der Waals surface area (Å²) in [7, 11) is 0. The molecular weight excluding hydrogens is 270 g/mol. The van der Waals surface area contributed by atoms with Gasteiger partial charge in [-0.1, -0.05) is 51.0 Å². The van der Waals surface area contributed by atoms with Gasteiger partial charge in [-0.15, -0.1) is 0 Å². The Morgan fingerprint density at radius 3 is 1.95 bits per heavy atom. The van der Waals surface area contributed by atoms with Crippen molar-refractivity contribution in [3.63, 3.8) is 0 Å². The van der Waals surface area contributed by atoms with Crippen molar-refractivity contribution in [1.82, 2.24) is 4.57 Å². The van der Waals surface area contributed by atoms with Gasteiger partial charge in [-0.3, -0.25) is 4.79 Å². The predicted molar refractivity (Wildman–Crippen MR) is 94.4 cm³/mol. The maximum Gasteiger partial charge on any atom is 0.197 e. The second-order valence-corrected chi connectivity index (χ2v) is 6.40. The number of benzene rings is 2. The first-order valence-corrected chi connectivity index (χ1v) is 8.19. The third-order valence-electron chi connectivity index (χ3n) is 4.29. The first-order valence-electron chi connectivity index (χ1n) is 8.19. The molecule has 0 aliphatic rings. The Labute approximate surface area is 131 Å². The highest BCUT2D eigenvalue weighted by atomic mass is 16.1. The zero-order chi connectivity index (χ0) is 15.5. The number of para-hydroxylation sites is 2. The van der Waals surface area contributed by atoms with Gasteiger partial charge in [0.2, 0.25) is 0 Å². The molecule has 1 aromatic heterocycles. The quantitative estimate of drug-likeness (QED) is 0.480. The molecule has 2 heteroatoms. The van der Waals surface area contributed by atoms with E-state index in [1.165, 1.54) is 12.8 Å². The van der Waals surface area contributed by atoms with Gasteiger partial charge in [0.1, 0.15) is 0 Å². The molecule has 0 aliphatic heterocycles. The number of rotatable bonds is 5. The number of aromatic nitrogens is 1. The summed E-state index contributed by atoms with van der Waals surface area (Å²) in [5.41, 5.74) is 2.25. The Bertz CT molecular complexity index is 785. The lowest BCUT2D eigenvalue weighted by Gasteiger charge is -2.15. The predicted octanol–water partition coefficient (Wildman–Crippen LogP) is 4.98. The SMILES string of the molecule is CC(C)CCCCn1c2ccccc2c(=O)c2ccccc21. The van der Waals surface area contributed by atoms with Crippen LogP contribution in [-0.4, -0.2) is 4.57 Å². The first kappa shape index (κ1) is 14.8. The molecule has 0 bridgehead atoms. The Kier molecular flexibility index (Phi) is 4.28. The second-order valence-electron chi connectivity index (χ2n) is 6.40.